The van der Waals surface area contributed by atoms with Crippen LogP contribution < -0.4 is 5.73 Å². The molecule has 2 atom stereocenters. The number of hydrogen-bond donors (Lipinski definition) is 2. The zero-order valence-electron chi connectivity index (χ0n) is 8.84. The standard InChI is InChI=1S/C10H12FNO3S2/c11-7-3-6(12)1-2-9(7)16-10-5-17(14,15)4-8(10)13/h1-3,8,10,13H,4-5,12H2. The fourth-order valence-corrected chi connectivity index (χ4v) is 5.21. The molecule has 1 aliphatic rings. The van der Waals surface area contributed by atoms with Crippen LogP contribution in [0.4, 0.5) is 10.1 Å². The largest absolute Gasteiger partial charge is 0.399 e. The summed E-state index contributed by atoms with van der Waals surface area (Å²) in [5, 5.41) is 9.07. The highest BCUT2D eigenvalue weighted by atomic mass is 32.2. The number of thioether (sulfide) groups is 1. The number of nitrogens with two attached hydrogens (primary N) is 1. The molecule has 1 heterocycles. The molecule has 3 N–H and O–H groups in total. The van der Waals surface area contributed by atoms with Crippen LogP contribution in [0, 0.1) is 5.82 Å². The molecule has 1 aliphatic heterocycles. The second-order valence-electron chi connectivity index (χ2n) is 3.99. The van der Waals surface area contributed by atoms with E-state index in [-0.39, 0.29) is 11.5 Å². The van der Waals surface area contributed by atoms with E-state index in [0.29, 0.717) is 10.6 Å². The van der Waals surface area contributed by atoms with Crippen molar-refractivity contribution in [1.29, 1.82) is 0 Å². The summed E-state index contributed by atoms with van der Waals surface area (Å²) in [5.74, 6) is -0.865. The van der Waals surface area contributed by atoms with Crippen molar-refractivity contribution in [2.75, 3.05) is 17.2 Å². The Hall–Kier alpha value is -0.790. The van der Waals surface area contributed by atoms with Crippen molar-refractivity contribution in [3.05, 3.63) is 24.0 Å². The van der Waals surface area contributed by atoms with Gasteiger partial charge in [-0.1, -0.05) is 0 Å². The topological polar surface area (TPSA) is 80.4 Å². The molecule has 17 heavy (non-hydrogen) atoms. The number of nitrogen functional groups attached to an aromatic ring is 1. The van der Waals surface area contributed by atoms with Crippen molar-refractivity contribution >= 4 is 27.3 Å². The number of benzene rings is 1. The van der Waals surface area contributed by atoms with E-state index in [1.165, 1.54) is 12.1 Å². The number of anilines is 1. The first-order valence-corrected chi connectivity index (χ1v) is 7.68. The van der Waals surface area contributed by atoms with Gasteiger partial charge in [0.1, 0.15) is 5.82 Å². The molecule has 1 fully saturated rings. The third kappa shape index (κ3) is 2.91. The molecule has 1 aromatic rings. The molecule has 0 saturated carbocycles. The Morgan fingerprint density at radius 3 is 2.65 bits per heavy atom. The Balaban J connectivity index is 2.17. The molecule has 0 bridgehead atoms. The molecule has 4 nitrogen and oxygen atoms in total. The third-order valence-electron chi connectivity index (χ3n) is 2.51. The third-order valence-corrected chi connectivity index (χ3v) is 5.80. The minimum atomic E-state index is -3.20. The lowest BCUT2D eigenvalue weighted by molar-refractivity contribution is 0.207. The Morgan fingerprint density at radius 2 is 2.12 bits per heavy atom. The van der Waals surface area contributed by atoms with Crippen LogP contribution in [-0.4, -0.2) is 36.4 Å². The zero-order valence-corrected chi connectivity index (χ0v) is 10.5. The average molecular weight is 277 g/mol. The van der Waals surface area contributed by atoms with Gasteiger partial charge in [-0.2, -0.15) is 0 Å². The fraction of sp³-hybridized carbons (Fsp3) is 0.400. The van der Waals surface area contributed by atoms with Gasteiger partial charge < -0.3 is 10.8 Å². The van der Waals surface area contributed by atoms with E-state index >= 15 is 0 Å². The van der Waals surface area contributed by atoms with E-state index in [1.807, 2.05) is 0 Å². The first kappa shape index (κ1) is 12.7. The lowest BCUT2D eigenvalue weighted by atomic mass is 10.3. The zero-order chi connectivity index (χ0) is 12.6. The number of hydrogen-bond acceptors (Lipinski definition) is 5. The van der Waals surface area contributed by atoms with Crippen LogP contribution >= 0.6 is 11.8 Å². The van der Waals surface area contributed by atoms with Crippen LogP contribution in [0.25, 0.3) is 0 Å². The maximum atomic E-state index is 13.5. The van der Waals surface area contributed by atoms with Crippen LogP contribution in [-0.2, 0) is 9.84 Å². The van der Waals surface area contributed by atoms with Crippen LogP contribution in [0.2, 0.25) is 0 Å². The fourth-order valence-electron chi connectivity index (χ4n) is 1.69. The Morgan fingerprint density at radius 1 is 1.41 bits per heavy atom. The molecule has 0 aromatic heterocycles. The average Bonchev–Trinajstić information content (AvgIpc) is 2.44. The van der Waals surface area contributed by atoms with E-state index < -0.39 is 27.0 Å². The van der Waals surface area contributed by atoms with Gasteiger partial charge >= 0.3 is 0 Å². The van der Waals surface area contributed by atoms with Crippen molar-refractivity contribution in [2.24, 2.45) is 0 Å². The first-order chi connectivity index (χ1) is 7.87. The molecule has 0 radical (unpaired) electrons. The smallest absolute Gasteiger partial charge is 0.154 e. The quantitative estimate of drug-likeness (QED) is 0.776. The normalized spacial score (nSPS) is 27.2. The van der Waals surface area contributed by atoms with Crippen molar-refractivity contribution in [3.63, 3.8) is 0 Å². The monoisotopic (exact) mass is 277 g/mol. The van der Waals surface area contributed by atoms with E-state index in [9.17, 15) is 17.9 Å². The van der Waals surface area contributed by atoms with Crippen LogP contribution in [0.3, 0.4) is 0 Å². The highest BCUT2D eigenvalue weighted by molar-refractivity contribution is 8.02. The lowest BCUT2D eigenvalue weighted by Gasteiger charge is -2.12. The minimum Gasteiger partial charge on any atom is -0.399 e. The molecule has 1 aromatic carbocycles. The van der Waals surface area contributed by atoms with E-state index in [2.05, 4.69) is 0 Å². The molecule has 2 unspecified atom stereocenters. The number of aliphatic hydroxyl groups excluding tert-OH is 1. The van der Waals surface area contributed by atoms with Crippen molar-refractivity contribution < 1.29 is 17.9 Å². The van der Waals surface area contributed by atoms with Crippen LogP contribution in [0.15, 0.2) is 23.1 Å². The minimum absolute atomic E-state index is 0.122. The van der Waals surface area contributed by atoms with Gasteiger partial charge in [-0.3, -0.25) is 0 Å². The second-order valence-corrected chi connectivity index (χ2v) is 7.43. The first-order valence-electron chi connectivity index (χ1n) is 4.97. The summed E-state index contributed by atoms with van der Waals surface area (Å²) in [7, 11) is -3.20. The van der Waals surface area contributed by atoms with Gasteiger partial charge in [0.05, 0.1) is 22.9 Å². The van der Waals surface area contributed by atoms with E-state index in [0.717, 1.165) is 11.8 Å². The molecule has 0 amide bonds. The van der Waals surface area contributed by atoms with Gasteiger partial charge in [0.25, 0.3) is 0 Å². The van der Waals surface area contributed by atoms with Crippen LogP contribution in [0.1, 0.15) is 0 Å². The van der Waals surface area contributed by atoms with E-state index in [4.69, 9.17) is 5.73 Å². The predicted octanol–water partition coefficient (Wildman–Crippen LogP) is 0.658. The van der Waals surface area contributed by atoms with Crippen molar-refractivity contribution in [2.45, 2.75) is 16.2 Å². The van der Waals surface area contributed by atoms with Gasteiger partial charge in [-0.25, -0.2) is 12.8 Å². The molecule has 7 heteroatoms. The summed E-state index contributed by atoms with van der Waals surface area (Å²) in [6, 6.07) is 4.21. The molecular formula is C10H12FNO3S2. The molecule has 0 aliphatic carbocycles. The highest BCUT2D eigenvalue weighted by Crippen LogP contribution is 2.33. The maximum Gasteiger partial charge on any atom is 0.154 e. The molecule has 2 rings (SSSR count). The van der Waals surface area contributed by atoms with Gasteiger partial charge in [0.2, 0.25) is 0 Å². The lowest BCUT2D eigenvalue weighted by Crippen LogP contribution is -2.20. The van der Waals surface area contributed by atoms with Crippen molar-refractivity contribution in [1.82, 2.24) is 0 Å². The number of aliphatic hydroxyl groups is 1. The van der Waals surface area contributed by atoms with Crippen LogP contribution in [0.5, 0.6) is 0 Å². The molecule has 94 valence electrons. The predicted molar refractivity (Wildman–Crippen MR) is 65.1 cm³/mol. The maximum absolute atomic E-state index is 13.5. The van der Waals surface area contributed by atoms with Gasteiger partial charge in [0.15, 0.2) is 9.84 Å². The summed E-state index contributed by atoms with van der Waals surface area (Å²) in [5.41, 5.74) is 5.72. The summed E-state index contributed by atoms with van der Waals surface area (Å²) in [4.78, 5) is 0.306. The Bertz CT molecular complexity index is 532. The highest BCUT2D eigenvalue weighted by Gasteiger charge is 2.37. The summed E-state index contributed by atoms with van der Waals surface area (Å²) >= 11 is 1.04. The van der Waals surface area contributed by atoms with Gasteiger partial charge in [0, 0.05) is 10.6 Å². The summed E-state index contributed by atoms with van der Waals surface area (Å²) < 4.78 is 36.1. The Kier molecular flexibility index (Phi) is 3.33. The molecular weight excluding hydrogens is 265 g/mol. The SMILES string of the molecule is Nc1ccc(SC2CS(=O)(=O)CC2O)c(F)c1. The number of sulfone groups is 1. The Labute approximate surface area is 103 Å². The van der Waals surface area contributed by atoms with E-state index in [1.54, 1.807) is 6.07 Å². The number of rotatable bonds is 2. The summed E-state index contributed by atoms with van der Waals surface area (Å²) in [6.45, 7) is 0. The van der Waals surface area contributed by atoms with Gasteiger partial charge in [-0.15, -0.1) is 11.8 Å². The number of halogens is 1. The van der Waals surface area contributed by atoms with Crippen molar-refractivity contribution in [3.8, 4) is 0 Å². The second kappa shape index (κ2) is 4.47. The molecule has 0 spiro atoms. The van der Waals surface area contributed by atoms with Gasteiger partial charge in [-0.05, 0) is 18.2 Å². The summed E-state index contributed by atoms with van der Waals surface area (Å²) in [6.07, 6.45) is -0.943. The molecule has 1 saturated heterocycles.